The first-order valence-electron chi connectivity index (χ1n) is 6.36. The number of hydrogen-bond donors (Lipinski definition) is 0. The maximum Gasteiger partial charge on any atom is 0.172 e. The van der Waals surface area contributed by atoms with Crippen LogP contribution in [0.1, 0.15) is 22.5 Å². The molecular formula is C16H12ClNO2. The summed E-state index contributed by atoms with van der Waals surface area (Å²) in [7, 11) is 0. The van der Waals surface area contributed by atoms with E-state index in [4.69, 9.17) is 16.1 Å². The van der Waals surface area contributed by atoms with E-state index in [-0.39, 0.29) is 5.78 Å². The lowest BCUT2D eigenvalue weighted by Gasteiger charge is -2.04. The van der Waals surface area contributed by atoms with Gasteiger partial charge in [-0.3, -0.25) is 4.79 Å². The molecule has 0 aliphatic carbocycles. The highest BCUT2D eigenvalue weighted by atomic mass is 35.5. The molecule has 0 radical (unpaired) electrons. The van der Waals surface area contributed by atoms with E-state index >= 15 is 0 Å². The zero-order chi connectivity index (χ0) is 13.9. The molecule has 3 rings (SSSR count). The normalized spacial score (nSPS) is 10.8. The van der Waals surface area contributed by atoms with Crippen LogP contribution in [0.5, 0.6) is 0 Å². The van der Waals surface area contributed by atoms with Crippen LogP contribution in [0, 0.1) is 0 Å². The van der Waals surface area contributed by atoms with Gasteiger partial charge in [0.1, 0.15) is 5.76 Å². The lowest BCUT2D eigenvalue weighted by Crippen LogP contribution is -2.01. The Kier molecular flexibility index (Phi) is 3.52. The third kappa shape index (κ3) is 2.58. The van der Waals surface area contributed by atoms with Crippen LogP contribution < -0.4 is 0 Å². The number of benzene rings is 2. The Bertz CT molecular complexity index is 759. The number of halogens is 1. The Labute approximate surface area is 121 Å². The summed E-state index contributed by atoms with van der Waals surface area (Å²) >= 11 is 5.68. The van der Waals surface area contributed by atoms with Crippen LogP contribution in [0.2, 0.25) is 5.15 Å². The number of hydrogen-bond acceptors (Lipinski definition) is 3. The predicted octanol–water partition coefficient (Wildman–Crippen LogP) is 4.30. The molecular weight excluding hydrogens is 274 g/mol. The highest BCUT2D eigenvalue weighted by Gasteiger charge is 2.11. The van der Waals surface area contributed by atoms with Crippen molar-refractivity contribution in [2.75, 3.05) is 0 Å². The molecule has 1 heterocycles. The lowest BCUT2D eigenvalue weighted by molar-refractivity contribution is 0.0982. The predicted molar refractivity (Wildman–Crippen MR) is 78.1 cm³/mol. The van der Waals surface area contributed by atoms with Gasteiger partial charge in [0.15, 0.2) is 10.9 Å². The molecule has 20 heavy (non-hydrogen) atoms. The van der Waals surface area contributed by atoms with Gasteiger partial charge in [0.05, 0.1) is 0 Å². The van der Waals surface area contributed by atoms with Crippen molar-refractivity contribution in [2.24, 2.45) is 0 Å². The molecule has 100 valence electrons. The first-order chi connectivity index (χ1) is 9.74. The summed E-state index contributed by atoms with van der Waals surface area (Å²) in [5, 5.41) is 5.97. The zero-order valence-corrected chi connectivity index (χ0v) is 11.4. The molecule has 0 spiro atoms. The molecule has 0 saturated carbocycles. The molecule has 0 aliphatic heterocycles. The zero-order valence-electron chi connectivity index (χ0n) is 10.7. The Hall–Kier alpha value is -2.13. The van der Waals surface area contributed by atoms with Gasteiger partial charge >= 0.3 is 0 Å². The summed E-state index contributed by atoms with van der Waals surface area (Å²) in [6, 6.07) is 15.3. The molecule has 0 saturated heterocycles. The van der Waals surface area contributed by atoms with Crippen LogP contribution in [0.25, 0.3) is 10.8 Å². The summed E-state index contributed by atoms with van der Waals surface area (Å²) in [6.45, 7) is 0. The van der Waals surface area contributed by atoms with E-state index in [1.165, 1.54) is 0 Å². The molecule has 2 aromatic carbocycles. The van der Waals surface area contributed by atoms with Gasteiger partial charge < -0.3 is 4.52 Å². The first-order valence-corrected chi connectivity index (χ1v) is 6.74. The fourth-order valence-corrected chi connectivity index (χ4v) is 2.40. The maximum absolute atomic E-state index is 12.3. The summed E-state index contributed by atoms with van der Waals surface area (Å²) in [4.78, 5) is 12.3. The van der Waals surface area contributed by atoms with Gasteiger partial charge in [-0.15, -0.1) is 0 Å². The molecule has 0 N–H and O–H groups in total. The number of aromatic nitrogens is 1. The molecule has 0 bridgehead atoms. The number of ketones is 1. The molecule has 3 aromatic rings. The topological polar surface area (TPSA) is 43.1 Å². The number of fused-ring (bicyclic) bond motifs is 1. The van der Waals surface area contributed by atoms with Crippen LogP contribution in [0.3, 0.4) is 0 Å². The second kappa shape index (κ2) is 5.47. The monoisotopic (exact) mass is 285 g/mol. The van der Waals surface area contributed by atoms with Crippen LogP contribution in [-0.2, 0) is 6.42 Å². The average Bonchev–Trinajstić information content (AvgIpc) is 2.90. The first kappa shape index (κ1) is 12.9. The molecule has 0 aliphatic rings. The van der Waals surface area contributed by atoms with Gasteiger partial charge in [-0.05, 0) is 10.8 Å². The van der Waals surface area contributed by atoms with Crippen LogP contribution in [0.4, 0.5) is 0 Å². The lowest BCUT2D eigenvalue weighted by atomic mass is 9.99. The molecule has 1 aromatic heterocycles. The minimum Gasteiger partial charge on any atom is -0.360 e. The van der Waals surface area contributed by atoms with Crippen LogP contribution in [0.15, 0.2) is 53.1 Å². The van der Waals surface area contributed by atoms with Crippen molar-refractivity contribution in [1.29, 1.82) is 0 Å². The van der Waals surface area contributed by atoms with Crippen molar-refractivity contribution >= 4 is 28.2 Å². The van der Waals surface area contributed by atoms with E-state index in [1.807, 2.05) is 42.5 Å². The second-order valence-corrected chi connectivity index (χ2v) is 4.95. The van der Waals surface area contributed by atoms with E-state index in [9.17, 15) is 4.79 Å². The number of aryl methyl sites for hydroxylation is 1. The van der Waals surface area contributed by atoms with Crippen molar-refractivity contribution in [2.45, 2.75) is 12.8 Å². The van der Waals surface area contributed by atoms with Crippen molar-refractivity contribution in [3.05, 3.63) is 65.0 Å². The SMILES string of the molecule is O=C(CCc1cc(Cl)no1)c1cccc2ccccc12. The van der Waals surface area contributed by atoms with Gasteiger partial charge in [-0.1, -0.05) is 59.2 Å². The highest BCUT2D eigenvalue weighted by molar-refractivity contribution is 6.29. The second-order valence-electron chi connectivity index (χ2n) is 4.57. The van der Waals surface area contributed by atoms with Gasteiger partial charge in [-0.2, -0.15) is 0 Å². The van der Waals surface area contributed by atoms with Gasteiger partial charge in [-0.25, -0.2) is 0 Å². The number of carbonyl (C=O) groups is 1. The summed E-state index contributed by atoms with van der Waals surface area (Å²) in [5.41, 5.74) is 0.744. The largest absolute Gasteiger partial charge is 0.360 e. The summed E-state index contributed by atoms with van der Waals surface area (Å²) in [5.74, 6) is 0.720. The van der Waals surface area contributed by atoms with Gasteiger partial charge in [0.2, 0.25) is 0 Å². The van der Waals surface area contributed by atoms with Crippen LogP contribution in [-0.4, -0.2) is 10.9 Å². The van der Waals surface area contributed by atoms with Crippen molar-refractivity contribution in [3.63, 3.8) is 0 Å². The number of nitrogens with zero attached hydrogens (tertiary/aromatic N) is 1. The smallest absolute Gasteiger partial charge is 0.172 e. The average molecular weight is 286 g/mol. The fraction of sp³-hybridized carbons (Fsp3) is 0.125. The number of rotatable bonds is 4. The molecule has 0 amide bonds. The van der Waals surface area contributed by atoms with E-state index in [0.29, 0.717) is 23.8 Å². The Balaban J connectivity index is 1.82. The minimum absolute atomic E-state index is 0.0920. The molecule has 3 nitrogen and oxygen atoms in total. The molecule has 4 heteroatoms. The van der Waals surface area contributed by atoms with E-state index < -0.39 is 0 Å². The van der Waals surface area contributed by atoms with Crippen LogP contribution >= 0.6 is 11.6 Å². The standard InChI is InChI=1S/C16H12ClNO2/c17-16-10-12(20-18-16)8-9-15(19)14-7-3-5-11-4-1-2-6-13(11)14/h1-7,10H,8-9H2. The maximum atomic E-state index is 12.3. The van der Waals surface area contributed by atoms with Crippen molar-refractivity contribution in [1.82, 2.24) is 5.16 Å². The highest BCUT2D eigenvalue weighted by Crippen LogP contribution is 2.20. The summed E-state index contributed by atoms with van der Waals surface area (Å²) < 4.78 is 5.00. The van der Waals surface area contributed by atoms with E-state index in [1.54, 1.807) is 6.07 Å². The Morgan fingerprint density at radius 2 is 1.95 bits per heavy atom. The van der Waals surface area contributed by atoms with Gasteiger partial charge in [0.25, 0.3) is 0 Å². The van der Waals surface area contributed by atoms with Crippen molar-refractivity contribution < 1.29 is 9.32 Å². The quantitative estimate of drug-likeness (QED) is 0.671. The molecule has 0 atom stereocenters. The summed E-state index contributed by atoms with van der Waals surface area (Å²) in [6.07, 6.45) is 0.876. The Morgan fingerprint density at radius 1 is 1.15 bits per heavy atom. The minimum atomic E-state index is 0.0920. The van der Waals surface area contributed by atoms with Gasteiger partial charge in [0, 0.05) is 24.5 Å². The van der Waals surface area contributed by atoms with Crippen molar-refractivity contribution in [3.8, 4) is 0 Å². The molecule has 0 fully saturated rings. The Morgan fingerprint density at radius 3 is 2.75 bits per heavy atom. The molecule has 0 unspecified atom stereocenters. The fourth-order valence-electron chi connectivity index (χ4n) is 2.25. The van der Waals surface area contributed by atoms with E-state index in [0.717, 1.165) is 16.3 Å². The third-order valence-electron chi connectivity index (χ3n) is 3.22. The number of Topliss-reactive ketones (excluding diaryl/α,β-unsaturated/α-hetero) is 1. The number of carbonyl (C=O) groups excluding carboxylic acids is 1. The van der Waals surface area contributed by atoms with E-state index in [2.05, 4.69) is 5.16 Å². The third-order valence-corrected chi connectivity index (χ3v) is 3.40.